The van der Waals surface area contributed by atoms with Gasteiger partial charge >= 0.3 is 0 Å². The third kappa shape index (κ3) is 3.09. The fraction of sp³-hybridized carbons (Fsp3) is 0.438. The van der Waals surface area contributed by atoms with E-state index in [1.54, 1.807) is 18.5 Å². The Bertz CT molecular complexity index is 701. The lowest BCUT2D eigenvalue weighted by atomic mass is 10.1. The molecule has 0 N–H and O–H groups in total. The number of rotatable bonds is 3. The van der Waals surface area contributed by atoms with Crippen molar-refractivity contribution in [1.82, 2.24) is 24.3 Å². The Labute approximate surface area is 140 Å². The maximum Gasteiger partial charge on any atom is 0.255 e. The van der Waals surface area contributed by atoms with E-state index in [0.29, 0.717) is 23.7 Å². The van der Waals surface area contributed by atoms with E-state index >= 15 is 0 Å². The Morgan fingerprint density at radius 2 is 2.22 bits per heavy atom. The molecule has 1 amide bonds. The normalized spacial score (nSPS) is 19.1. The van der Waals surface area contributed by atoms with Gasteiger partial charge in [-0.3, -0.25) is 14.7 Å². The lowest BCUT2D eigenvalue weighted by molar-refractivity contribution is 0.0473. The van der Waals surface area contributed by atoms with Gasteiger partial charge in [-0.2, -0.15) is 0 Å². The molecule has 0 saturated carbocycles. The molecule has 0 bridgehead atoms. The van der Waals surface area contributed by atoms with Crippen LogP contribution >= 0.6 is 11.6 Å². The van der Waals surface area contributed by atoms with Crippen LogP contribution < -0.4 is 0 Å². The van der Waals surface area contributed by atoms with Crippen molar-refractivity contribution in [3.05, 3.63) is 47.3 Å². The first-order valence-corrected chi connectivity index (χ1v) is 8.09. The van der Waals surface area contributed by atoms with E-state index < -0.39 is 0 Å². The molecule has 1 saturated heterocycles. The van der Waals surface area contributed by atoms with Crippen LogP contribution in [0.5, 0.6) is 0 Å². The molecule has 1 aliphatic heterocycles. The number of aromatic nitrogens is 3. The van der Waals surface area contributed by atoms with Crippen molar-refractivity contribution in [2.45, 2.75) is 13.0 Å². The largest absolute Gasteiger partial charge is 0.337 e. The first-order valence-electron chi connectivity index (χ1n) is 7.72. The molecule has 23 heavy (non-hydrogen) atoms. The number of carbonyl (C=O) groups excluding carboxylic acids is 1. The average molecular weight is 334 g/mol. The molecule has 0 spiro atoms. The minimum atomic E-state index is -0.0487. The van der Waals surface area contributed by atoms with Crippen LogP contribution in [-0.2, 0) is 7.05 Å². The summed E-state index contributed by atoms with van der Waals surface area (Å²) in [5, 5.41) is 0.393. The molecule has 2 aromatic rings. The van der Waals surface area contributed by atoms with Crippen LogP contribution in [0.4, 0.5) is 0 Å². The van der Waals surface area contributed by atoms with Crippen molar-refractivity contribution < 1.29 is 4.79 Å². The topological polar surface area (TPSA) is 54.3 Å². The molecule has 0 aromatic carbocycles. The molecule has 1 fully saturated rings. The lowest BCUT2D eigenvalue weighted by Crippen LogP contribution is -2.51. The van der Waals surface area contributed by atoms with Gasteiger partial charge in [0.25, 0.3) is 5.91 Å². The van der Waals surface area contributed by atoms with Crippen LogP contribution in [0.15, 0.2) is 30.9 Å². The summed E-state index contributed by atoms with van der Waals surface area (Å²) in [6.45, 7) is 5.17. The van der Waals surface area contributed by atoms with Crippen LogP contribution in [0.3, 0.4) is 0 Å². The number of halogens is 1. The molecule has 6 nitrogen and oxygen atoms in total. The van der Waals surface area contributed by atoms with E-state index in [4.69, 9.17) is 11.6 Å². The summed E-state index contributed by atoms with van der Waals surface area (Å²) in [5.41, 5.74) is 0.505. The predicted molar refractivity (Wildman–Crippen MR) is 88.3 cm³/mol. The number of hydrogen-bond acceptors (Lipinski definition) is 4. The zero-order valence-corrected chi connectivity index (χ0v) is 14.1. The minimum Gasteiger partial charge on any atom is -0.337 e. The maximum atomic E-state index is 12.8. The molecule has 7 heteroatoms. The number of amides is 1. The fourth-order valence-electron chi connectivity index (χ4n) is 3.05. The number of imidazole rings is 1. The summed E-state index contributed by atoms with van der Waals surface area (Å²) in [6, 6.07) is 1.77. The van der Waals surface area contributed by atoms with Crippen LogP contribution in [0.25, 0.3) is 0 Å². The summed E-state index contributed by atoms with van der Waals surface area (Å²) >= 11 is 6.12. The highest BCUT2D eigenvalue weighted by atomic mass is 35.5. The van der Waals surface area contributed by atoms with Gasteiger partial charge in [0.2, 0.25) is 0 Å². The summed E-state index contributed by atoms with van der Waals surface area (Å²) in [5.74, 6) is 0.928. The number of piperazine rings is 1. The van der Waals surface area contributed by atoms with Crippen molar-refractivity contribution >= 4 is 17.5 Å². The first-order chi connectivity index (χ1) is 11.1. The van der Waals surface area contributed by atoms with Crippen molar-refractivity contribution in [2.24, 2.45) is 7.05 Å². The molecular formula is C16H20ClN5O. The standard InChI is InChI=1S/C16H20ClN5O/c1-3-21-8-9-22(11-14(21)15-19-6-7-20(15)2)16(23)12-4-5-18-10-13(12)17/h4-7,10,14H,3,8-9,11H2,1-2H3. The van der Waals surface area contributed by atoms with Gasteiger partial charge in [-0.15, -0.1) is 0 Å². The van der Waals surface area contributed by atoms with Crippen molar-refractivity contribution in [3.63, 3.8) is 0 Å². The quantitative estimate of drug-likeness (QED) is 0.862. The molecule has 1 atom stereocenters. The zero-order valence-electron chi connectivity index (χ0n) is 13.3. The van der Waals surface area contributed by atoms with Gasteiger partial charge < -0.3 is 9.47 Å². The van der Waals surface area contributed by atoms with Gasteiger partial charge in [0.1, 0.15) is 5.82 Å². The number of carbonyl (C=O) groups is 1. The molecule has 0 radical (unpaired) electrons. The summed E-state index contributed by atoms with van der Waals surface area (Å²) in [7, 11) is 1.98. The second-order valence-electron chi connectivity index (χ2n) is 5.65. The van der Waals surface area contributed by atoms with Crippen LogP contribution in [0, 0.1) is 0 Å². The molecule has 1 unspecified atom stereocenters. The van der Waals surface area contributed by atoms with Crippen molar-refractivity contribution in [1.29, 1.82) is 0 Å². The first kappa shape index (κ1) is 16.0. The van der Waals surface area contributed by atoms with E-state index in [1.807, 2.05) is 22.7 Å². The lowest BCUT2D eigenvalue weighted by Gasteiger charge is -2.40. The SMILES string of the molecule is CCN1CCN(C(=O)c2ccncc2Cl)CC1c1nccn1C. The third-order valence-electron chi connectivity index (χ3n) is 4.34. The highest BCUT2D eigenvalue weighted by Crippen LogP contribution is 2.26. The molecule has 3 heterocycles. The van der Waals surface area contributed by atoms with Crippen molar-refractivity contribution in [3.8, 4) is 0 Å². The highest BCUT2D eigenvalue weighted by molar-refractivity contribution is 6.33. The number of nitrogens with zero attached hydrogens (tertiary/aromatic N) is 5. The number of aryl methyl sites for hydroxylation is 1. The predicted octanol–water partition coefficient (Wildman–Crippen LogP) is 1.99. The van der Waals surface area contributed by atoms with Crippen molar-refractivity contribution in [2.75, 3.05) is 26.2 Å². The Balaban J connectivity index is 1.84. The molecule has 2 aromatic heterocycles. The number of hydrogen-bond donors (Lipinski definition) is 0. The highest BCUT2D eigenvalue weighted by Gasteiger charge is 2.32. The molecule has 0 aliphatic carbocycles. The van der Waals surface area contributed by atoms with Crippen LogP contribution in [0.2, 0.25) is 5.02 Å². The van der Waals surface area contributed by atoms with E-state index in [9.17, 15) is 4.79 Å². The van der Waals surface area contributed by atoms with Gasteiger partial charge in [-0.25, -0.2) is 4.98 Å². The molecule has 122 valence electrons. The second-order valence-corrected chi connectivity index (χ2v) is 6.05. The summed E-state index contributed by atoms with van der Waals surface area (Å²) in [6.07, 6.45) is 6.83. The Hall–Kier alpha value is -1.92. The Morgan fingerprint density at radius 1 is 1.39 bits per heavy atom. The fourth-order valence-corrected chi connectivity index (χ4v) is 3.25. The van der Waals surface area contributed by atoms with E-state index in [1.165, 1.54) is 6.20 Å². The van der Waals surface area contributed by atoms with E-state index in [-0.39, 0.29) is 11.9 Å². The van der Waals surface area contributed by atoms with E-state index in [0.717, 1.165) is 18.9 Å². The average Bonchev–Trinajstić information content (AvgIpc) is 3.00. The minimum absolute atomic E-state index is 0.0487. The Kier molecular flexibility index (Phi) is 4.63. The van der Waals surface area contributed by atoms with Crippen LogP contribution in [-0.4, -0.2) is 56.4 Å². The van der Waals surface area contributed by atoms with Gasteiger partial charge in [0.15, 0.2) is 0 Å². The number of pyridine rings is 1. The maximum absolute atomic E-state index is 12.8. The van der Waals surface area contributed by atoms with Gasteiger partial charge in [0.05, 0.1) is 16.6 Å². The zero-order chi connectivity index (χ0) is 16.4. The molecule has 1 aliphatic rings. The number of likely N-dealkylation sites (N-methyl/N-ethyl adjacent to an activating group) is 1. The monoisotopic (exact) mass is 333 g/mol. The van der Waals surface area contributed by atoms with Crippen LogP contribution in [0.1, 0.15) is 29.1 Å². The Morgan fingerprint density at radius 3 is 2.87 bits per heavy atom. The molecule has 3 rings (SSSR count). The third-order valence-corrected chi connectivity index (χ3v) is 4.65. The van der Waals surface area contributed by atoms with Gasteiger partial charge in [-0.05, 0) is 12.6 Å². The van der Waals surface area contributed by atoms with E-state index in [2.05, 4.69) is 21.8 Å². The molecular weight excluding hydrogens is 314 g/mol. The smallest absolute Gasteiger partial charge is 0.255 e. The van der Waals surface area contributed by atoms with Gasteiger partial charge in [-0.1, -0.05) is 18.5 Å². The van der Waals surface area contributed by atoms with Gasteiger partial charge in [0, 0.05) is 51.5 Å². The second kappa shape index (κ2) is 6.68. The summed E-state index contributed by atoms with van der Waals surface area (Å²) < 4.78 is 2.01. The summed E-state index contributed by atoms with van der Waals surface area (Å²) in [4.78, 5) is 25.4.